The highest BCUT2D eigenvalue weighted by Crippen LogP contribution is 2.25. The summed E-state index contributed by atoms with van der Waals surface area (Å²) in [5.41, 5.74) is 1.90. The van der Waals surface area contributed by atoms with E-state index < -0.39 is 0 Å². The molecule has 2 nitrogen and oxygen atoms in total. The molecule has 2 aromatic carbocycles. The molecule has 0 aliphatic carbocycles. The second-order valence-corrected chi connectivity index (χ2v) is 3.41. The summed E-state index contributed by atoms with van der Waals surface area (Å²) in [5, 5.41) is 18.5. The van der Waals surface area contributed by atoms with Crippen molar-refractivity contribution in [2.24, 2.45) is 0 Å². The van der Waals surface area contributed by atoms with Crippen LogP contribution in [0.5, 0.6) is 11.5 Å². The van der Waals surface area contributed by atoms with Gasteiger partial charge in [0.1, 0.15) is 0 Å². The molecule has 0 spiro atoms. The van der Waals surface area contributed by atoms with E-state index in [0.717, 1.165) is 11.1 Å². The van der Waals surface area contributed by atoms with Gasteiger partial charge >= 0.3 is 0 Å². The van der Waals surface area contributed by atoms with Gasteiger partial charge in [0.05, 0.1) is 0 Å². The van der Waals surface area contributed by atoms with Crippen molar-refractivity contribution in [3.8, 4) is 11.5 Å². The molecular formula is C14H11O2. The van der Waals surface area contributed by atoms with Gasteiger partial charge in [-0.3, -0.25) is 0 Å². The van der Waals surface area contributed by atoms with Crippen molar-refractivity contribution in [1.29, 1.82) is 0 Å². The Morgan fingerprint density at radius 2 is 1.50 bits per heavy atom. The van der Waals surface area contributed by atoms with Crippen LogP contribution in [0.4, 0.5) is 0 Å². The molecule has 0 unspecified atom stereocenters. The van der Waals surface area contributed by atoms with E-state index in [9.17, 15) is 5.11 Å². The fourth-order valence-corrected chi connectivity index (χ4v) is 1.35. The predicted octanol–water partition coefficient (Wildman–Crippen LogP) is 3.07. The first-order chi connectivity index (χ1) is 7.75. The van der Waals surface area contributed by atoms with Gasteiger partial charge in [-0.1, -0.05) is 42.5 Å². The Hall–Kier alpha value is -2.22. The Morgan fingerprint density at radius 1 is 0.812 bits per heavy atom. The third kappa shape index (κ3) is 2.42. The molecule has 79 valence electrons. The molecule has 2 N–H and O–H groups in total. The van der Waals surface area contributed by atoms with Crippen LogP contribution in [0, 0.1) is 6.07 Å². The summed E-state index contributed by atoms with van der Waals surface area (Å²) < 4.78 is 0. The molecule has 16 heavy (non-hydrogen) atoms. The second-order valence-electron chi connectivity index (χ2n) is 3.41. The molecular weight excluding hydrogens is 200 g/mol. The Bertz CT molecular complexity index is 501. The van der Waals surface area contributed by atoms with Crippen LogP contribution >= 0.6 is 0 Å². The van der Waals surface area contributed by atoms with E-state index in [1.807, 2.05) is 36.4 Å². The maximum atomic E-state index is 9.31. The number of phenols is 2. The van der Waals surface area contributed by atoms with Gasteiger partial charge in [-0.25, -0.2) is 0 Å². The minimum Gasteiger partial charge on any atom is -0.504 e. The van der Waals surface area contributed by atoms with Gasteiger partial charge in [-0.2, -0.15) is 0 Å². The number of phenolic OH excluding ortho intramolecular Hbond substituents is 2. The molecule has 0 amide bonds. The summed E-state index contributed by atoms with van der Waals surface area (Å²) in [6.07, 6.45) is 3.80. The van der Waals surface area contributed by atoms with Crippen LogP contribution < -0.4 is 0 Å². The summed E-state index contributed by atoms with van der Waals surface area (Å²) in [6, 6.07) is 15.2. The van der Waals surface area contributed by atoms with Crippen LogP contribution in [-0.4, -0.2) is 10.2 Å². The Labute approximate surface area is 94.1 Å². The van der Waals surface area contributed by atoms with Gasteiger partial charge in [0.2, 0.25) is 0 Å². The average Bonchev–Trinajstić information content (AvgIpc) is 2.32. The lowest BCUT2D eigenvalue weighted by Gasteiger charge is -1.98. The number of hydrogen-bond acceptors (Lipinski definition) is 2. The maximum Gasteiger partial charge on any atom is 0.157 e. The fourth-order valence-electron chi connectivity index (χ4n) is 1.35. The van der Waals surface area contributed by atoms with E-state index in [1.165, 1.54) is 12.1 Å². The van der Waals surface area contributed by atoms with Gasteiger partial charge in [-0.05, 0) is 29.3 Å². The van der Waals surface area contributed by atoms with Crippen molar-refractivity contribution in [3.05, 3.63) is 59.7 Å². The monoisotopic (exact) mass is 211 g/mol. The first-order valence-electron chi connectivity index (χ1n) is 4.92. The maximum absolute atomic E-state index is 9.31. The minimum atomic E-state index is -0.108. The van der Waals surface area contributed by atoms with Gasteiger partial charge in [0, 0.05) is 0 Å². The lowest BCUT2D eigenvalue weighted by Crippen LogP contribution is -1.74. The first kappa shape index (κ1) is 10.3. The lowest BCUT2D eigenvalue weighted by atomic mass is 10.1. The SMILES string of the molecule is Oc1ccc(C=Cc2cc[c]cc2)cc1O. The van der Waals surface area contributed by atoms with E-state index in [0.29, 0.717) is 0 Å². The predicted molar refractivity (Wildman–Crippen MR) is 64.0 cm³/mol. The normalized spacial score (nSPS) is 10.8. The smallest absolute Gasteiger partial charge is 0.157 e. The fraction of sp³-hybridized carbons (Fsp3) is 0. The van der Waals surface area contributed by atoms with Gasteiger partial charge < -0.3 is 10.2 Å². The summed E-state index contributed by atoms with van der Waals surface area (Å²) in [5.74, 6) is -0.213. The largest absolute Gasteiger partial charge is 0.504 e. The third-order valence-corrected chi connectivity index (χ3v) is 2.21. The standard InChI is InChI=1S/C14H11O2/c15-13-9-8-12(10-14(13)16)7-6-11-4-2-1-3-5-11/h2-10,15-16H. The number of aromatic hydroxyl groups is 2. The van der Waals surface area contributed by atoms with Crippen LogP contribution in [0.15, 0.2) is 42.5 Å². The van der Waals surface area contributed by atoms with Crippen molar-refractivity contribution in [2.45, 2.75) is 0 Å². The van der Waals surface area contributed by atoms with Crippen LogP contribution in [0.1, 0.15) is 11.1 Å². The quantitative estimate of drug-likeness (QED) is 0.592. The van der Waals surface area contributed by atoms with Crippen LogP contribution in [-0.2, 0) is 0 Å². The molecule has 0 heterocycles. The van der Waals surface area contributed by atoms with Crippen molar-refractivity contribution < 1.29 is 10.2 Å². The minimum absolute atomic E-state index is 0.105. The third-order valence-electron chi connectivity index (χ3n) is 2.21. The van der Waals surface area contributed by atoms with Crippen molar-refractivity contribution >= 4 is 12.2 Å². The number of rotatable bonds is 2. The first-order valence-corrected chi connectivity index (χ1v) is 4.92. The van der Waals surface area contributed by atoms with Gasteiger partial charge in [-0.15, -0.1) is 0 Å². The van der Waals surface area contributed by atoms with E-state index in [-0.39, 0.29) is 11.5 Å². The van der Waals surface area contributed by atoms with Crippen molar-refractivity contribution in [3.63, 3.8) is 0 Å². The molecule has 0 atom stereocenters. The Morgan fingerprint density at radius 3 is 2.19 bits per heavy atom. The zero-order chi connectivity index (χ0) is 11.4. The van der Waals surface area contributed by atoms with Gasteiger partial charge in [0.25, 0.3) is 0 Å². The highest BCUT2D eigenvalue weighted by molar-refractivity contribution is 5.70. The molecule has 0 aliphatic rings. The summed E-state index contributed by atoms with van der Waals surface area (Å²) >= 11 is 0. The highest BCUT2D eigenvalue weighted by atomic mass is 16.3. The number of hydrogen-bond donors (Lipinski definition) is 2. The highest BCUT2D eigenvalue weighted by Gasteiger charge is 1.97. The molecule has 1 radical (unpaired) electrons. The molecule has 0 saturated carbocycles. The van der Waals surface area contributed by atoms with E-state index in [2.05, 4.69) is 6.07 Å². The average molecular weight is 211 g/mol. The van der Waals surface area contributed by atoms with E-state index >= 15 is 0 Å². The van der Waals surface area contributed by atoms with E-state index in [1.54, 1.807) is 6.07 Å². The second kappa shape index (κ2) is 4.53. The summed E-state index contributed by atoms with van der Waals surface area (Å²) in [4.78, 5) is 0. The summed E-state index contributed by atoms with van der Waals surface area (Å²) in [6.45, 7) is 0. The zero-order valence-electron chi connectivity index (χ0n) is 8.59. The molecule has 2 rings (SSSR count). The molecule has 0 aliphatic heterocycles. The Kier molecular flexibility index (Phi) is 2.92. The molecule has 2 heteroatoms. The van der Waals surface area contributed by atoms with Crippen LogP contribution in [0.3, 0.4) is 0 Å². The van der Waals surface area contributed by atoms with Crippen molar-refractivity contribution in [2.75, 3.05) is 0 Å². The van der Waals surface area contributed by atoms with E-state index in [4.69, 9.17) is 5.11 Å². The summed E-state index contributed by atoms with van der Waals surface area (Å²) in [7, 11) is 0. The number of benzene rings is 2. The van der Waals surface area contributed by atoms with Crippen molar-refractivity contribution in [1.82, 2.24) is 0 Å². The Balaban J connectivity index is 2.21. The topological polar surface area (TPSA) is 40.5 Å². The van der Waals surface area contributed by atoms with Gasteiger partial charge in [0.15, 0.2) is 11.5 Å². The molecule has 0 aromatic heterocycles. The molecule has 0 fully saturated rings. The van der Waals surface area contributed by atoms with Crippen LogP contribution in [0.2, 0.25) is 0 Å². The lowest BCUT2D eigenvalue weighted by molar-refractivity contribution is 0.403. The zero-order valence-corrected chi connectivity index (χ0v) is 8.59. The molecule has 0 bridgehead atoms. The van der Waals surface area contributed by atoms with Crippen LogP contribution in [0.25, 0.3) is 12.2 Å². The molecule has 2 aromatic rings. The molecule has 0 saturated heterocycles.